The summed E-state index contributed by atoms with van der Waals surface area (Å²) in [5.41, 5.74) is 1.22. The molecular weight excluding hydrogens is 186 g/mol. The van der Waals surface area contributed by atoms with Gasteiger partial charge in [-0.2, -0.15) is 0 Å². The number of likely N-dealkylation sites (N-methyl/N-ethyl adjacent to an activating group) is 1. The van der Waals surface area contributed by atoms with Crippen molar-refractivity contribution in [1.82, 2.24) is 5.32 Å². The van der Waals surface area contributed by atoms with Gasteiger partial charge in [-0.15, -0.1) is 6.58 Å². The van der Waals surface area contributed by atoms with Crippen molar-refractivity contribution < 1.29 is 4.74 Å². The third-order valence-electron chi connectivity index (χ3n) is 2.20. The maximum absolute atomic E-state index is 5.78. The van der Waals surface area contributed by atoms with Crippen LogP contribution in [0, 0.1) is 0 Å². The molecule has 0 fully saturated rings. The Kier molecular flexibility index (Phi) is 5.74. The van der Waals surface area contributed by atoms with Crippen LogP contribution in [-0.2, 0) is 4.74 Å². The molecule has 1 N–H and O–H groups in total. The van der Waals surface area contributed by atoms with Gasteiger partial charge in [-0.25, -0.2) is 0 Å². The SMILES string of the molecule is C=CCCOC(CNC)c1ccccc1. The van der Waals surface area contributed by atoms with Crippen molar-refractivity contribution in [1.29, 1.82) is 0 Å². The number of hydrogen-bond acceptors (Lipinski definition) is 2. The maximum Gasteiger partial charge on any atom is 0.0949 e. The quantitative estimate of drug-likeness (QED) is 0.545. The Morgan fingerprint density at radius 1 is 1.40 bits per heavy atom. The second kappa shape index (κ2) is 7.21. The van der Waals surface area contributed by atoms with Crippen LogP contribution in [0.25, 0.3) is 0 Å². The molecule has 1 aromatic carbocycles. The van der Waals surface area contributed by atoms with Gasteiger partial charge in [0.05, 0.1) is 12.7 Å². The summed E-state index contributed by atoms with van der Waals surface area (Å²) in [4.78, 5) is 0. The Labute approximate surface area is 92.0 Å². The van der Waals surface area contributed by atoms with Gasteiger partial charge in [0.1, 0.15) is 0 Å². The first-order chi connectivity index (χ1) is 7.38. The molecule has 1 rings (SSSR count). The molecule has 2 nitrogen and oxygen atoms in total. The number of rotatable bonds is 7. The fraction of sp³-hybridized carbons (Fsp3) is 0.385. The van der Waals surface area contributed by atoms with E-state index < -0.39 is 0 Å². The average Bonchev–Trinajstić information content (AvgIpc) is 2.29. The van der Waals surface area contributed by atoms with Gasteiger partial charge in [-0.3, -0.25) is 0 Å². The van der Waals surface area contributed by atoms with Crippen molar-refractivity contribution in [3.8, 4) is 0 Å². The predicted molar refractivity (Wildman–Crippen MR) is 63.9 cm³/mol. The van der Waals surface area contributed by atoms with Crippen LogP contribution in [0.4, 0.5) is 0 Å². The summed E-state index contributed by atoms with van der Waals surface area (Å²) in [6.45, 7) is 5.24. The normalized spacial score (nSPS) is 12.3. The maximum atomic E-state index is 5.78. The molecule has 2 heteroatoms. The van der Waals surface area contributed by atoms with Gasteiger partial charge in [-0.05, 0) is 19.0 Å². The highest BCUT2D eigenvalue weighted by molar-refractivity contribution is 5.17. The van der Waals surface area contributed by atoms with Crippen LogP contribution in [0.1, 0.15) is 18.1 Å². The Bertz CT molecular complexity index is 271. The zero-order chi connectivity index (χ0) is 10.9. The van der Waals surface area contributed by atoms with Crippen molar-refractivity contribution in [2.24, 2.45) is 0 Å². The van der Waals surface area contributed by atoms with E-state index in [1.165, 1.54) is 5.56 Å². The van der Waals surface area contributed by atoms with Gasteiger partial charge < -0.3 is 10.1 Å². The lowest BCUT2D eigenvalue weighted by Crippen LogP contribution is -2.20. The van der Waals surface area contributed by atoms with Crippen LogP contribution >= 0.6 is 0 Å². The smallest absolute Gasteiger partial charge is 0.0949 e. The van der Waals surface area contributed by atoms with E-state index in [4.69, 9.17) is 4.74 Å². The highest BCUT2D eigenvalue weighted by Crippen LogP contribution is 2.16. The molecule has 1 atom stereocenters. The van der Waals surface area contributed by atoms with E-state index in [-0.39, 0.29) is 6.10 Å². The molecule has 1 aromatic rings. The topological polar surface area (TPSA) is 21.3 Å². The first-order valence-corrected chi connectivity index (χ1v) is 5.30. The Balaban J connectivity index is 2.53. The molecule has 0 radical (unpaired) electrons. The first kappa shape index (κ1) is 12.0. The molecule has 0 saturated carbocycles. The lowest BCUT2D eigenvalue weighted by Gasteiger charge is -2.17. The highest BCUT2D eigenvalue weighted by atomic mass is 16.5. The molecule has 0 saturated heterocycles. The van der Waals surface area contributed by atoms with Crippen LogP contribution in [0.3, 0.4) is 0 Å². The number of ether oxygens (including phenoxy) is 1. The van der Waals surface area contributed by atoms with Crippen molar-refractivity contribution in [2.45, 2.75) is 12.5 Å². The van der Waals surface area contributed by atoms with Gasteiger partial charge in [0.25, 0.3) is 0 Å². The Hall–Kier alpha value is -1.12. The minimum Gasteiger partial charge on any atom is -0.372 e. The lowest BCUT2D eigenvalue weighted by molar-refractivity contribution is 0.0572. The third kappa shape index (κ3) is 4.28. The molecule has 0 heterocycles. The Morgan fingerprint density at radius 3 is 2.73 bits per heavy atom. The van der Waals surface area contributed by atoms with E-state index in [9.17, 15) is 0 Å². The summed E-state index contributed by atoms with van der Waals surface area (Å²) in [5, 5.41) is 3.14. The van der Waals surface area contributed by atoms with E-state index in [1.807, 2.05) is 31.3 Å². The van der Waals surface area contributed by atoms with E-state index >= 15 is 0 Å². The summed E-state index contributed by atoms with van der Waals surface area (Å²) in [5.74, 6) is 0. The lowest BCUT2D eigenvalue weighted by atomic mass is 10.1. The number of hydrogen-bond donors (Lipinski definition) is 1. The molecule has 0 aliphatic rings. The van der Waals surface area contributed by atoms with Gasteiger partial charge in [0.2, 0.25) is 0 Å². The van der Waals surface area contributed by atoms with Crippen molar-refractivity contribution in [2.75, 3.05) is 20.2 Å². The van der Waals surface area contributed by atoms with Crippen LogP contribution in [0.5, 0.6) is 0 Å². The molecule has 0 spiro atoms. The zero-order valence-electron chi connectivity index (χ0n) is 9.28. The average molecular weight is 205 g/mol. The molecule has 15 heavy (non-hydrogen) atoms. The molecule has 0 aromatic heterocycles. The highest BCUT2D eigenvalue weighted by Gasteiger charge is 2.09. The van der Waals surface area contributed by atoms with Crippen molar-refractivity contribution in [3.05, 3.63) is 48.6 Å². The standard InChI is InChI=1S/C13H19NO/c1-3-4-10-15-13(11-14-2)12-8-6-5-7-9-12/h3,5-9,13-14H,1,4,10-11H2,2H3. The zero-order valence-corrected chi connectivity index (χ0v) is 9.28. The van der Waals surface area contributed by atoms with E-state index in [0.29, 0.717) is 0 Å². The van der Waals surface area contributed by atoms with Crippen molar-refractivity contribution >= 4 is 0 Å². The third-order valence-corrected chi connectivity index (χ3v) is 2.20. The first-order valence-electron chi connectivity index (χ1n) is 5.30. The largest absolute Gasteiger partial charge is 0.372 e. The minimum absolute atomic E-state index is 0.135. The molecule has 82 valence electrons. The second-order valence-corrected chi connectivity index (χ2v) is 3.41. The summed E-state index contributed by atoms with van der Waals surface area (Å²) in [7, 11) is 1.94. The van der Waals surface area contributed by atoms with Gasteiger partial charge >= 0.3 is 0 Å². The van der Waals surface area contributed by atoms with Gasteiger partial charge in [-0.1, -0.05) is 36.4 Å². The fourth-order valence-electron chi connectivity index (χ4n) is 1.42. The van der Waals surface area contributed by atoms with Gasteiger partial charge in [0.15, 0.2) is 0 Å². The molecule has 0 bridgehead atoms. The minimum atomic E-state index is 0.135. The fourth-order valence-corrected chi connectivity index (χ4v) is 1.42. The summed E-state index contributed by atoms with van der Waals surface area (Å²) in [6.07, 6.45) is 2.91. The number of benzene rings is 1. The summed E-state index contributed by atoms with van der Waals surface area (Å²) < 4.78 is 5.78. The van der Waals surface area contributed by atoms with Gasteiger partial charge in [0, 0.05) is 6.54 Å². The molecule has 0 aliphatic carbocycles. The molecular formula is C13H19NO. The van der Waals surface area contributed by atoms with Crippen LogP contribution in [0.2, 0.25) is 0 Å². The van der Waals surface area contributed by atoms with Crippen LogP contribution in [-0.4, -0.2) is 20.2 Å². The van der Waals surface area contributed by atoms with Crippen LogP contribution in [0.15, 0.2) is 43.0 Å². The predicted octanol–water partition coefficient (Wildman–Crippen LogP) is 2.54. The molecule has 1 unspecified atom stereocenters. The van der Waals surface area contributed by atoms with E-state index in [0.717, 1.165) is 19.6 Å². The summed E-state index contributed by atoms with van der Waals surface area (Å²) >= 11 is 0. The van der Waals surface area contributed by atoms with Crippen LogP contribution < -0.4 is 5.32 Å². The molecule has 0 amide bonds. The van der Waals surface area contributed by atoms with E-state index in [2.05, 4.69) is 24.0 Å². The summed E-state index contributed by atoms with van der Waals surface area (Å²) in [6, 6.07) is 10.3. The van der Waals surface area contributed by atoms with Crippen molar-refractivity contribution in [3.63, 3.8) is 0 Å². The second-order valence-electron chi connectivity index (χ2n) is 3.41. The monoisotopic (exact) mass is 205 g/mol. The Morgan fingerprint density at radius 2 is 2.13 bits per heavy atom. The van der Waals surface area contributed by atoms with E-state index in [1.54, 1.807) is 0 Å². The molecule has 0 aliphatic heterocycles. The number of nitrogens with one attached hydrogen (secondary N) is 1.